The van der Waals surface area contributed by atoms with Crippen LogP contribution in [0.25, 0.3) is 0 Å². The fraction of sp³-hybridized carbons (Fsp3) is 0.333. The summed E-state index contributed by atoms with van der Waals surface area (Å²) in [5.74, 6) is -0.601. The van der Waals surface area contributed by atoms with Crippen LogP contribution in [0.15, 0.2) is 52.6 Å². The summed E-state index contributed by atoms with van der Waals surface area (Å²) < 4.78 is 41.6. The van der Waals surface area contributed by atoms with Crippen LogP contribution < -0.4 is 0 Å². The van der Waals surface area contributed by atoms with E-state index in [2.05, 4.69) is 4.40 Å². The molecule has 1 saturated carbocycles. The molecule has 0 atom stereocenters. The van der Waals surface area contributed by atoms with Crippen molar-refractivity contribution >= 4 is 21.8 Å². The highest BCUT2D eigenvalue weighted by atomic mass is 32.2. The van der Waals surface area contributed by atoms with Crippen LogP contribution in [0.3, 0.4) is 0 Å². The summed E-state index contributed by atoms with van der Waals surface area (Å²) in [5.41, 5.74) is 0.675. The highest BCUT2D eigenvalue weighted by Crippen LogP contribution is 2.31. The highest BCUT2D eigenvalue weighted by Gasteiger charge is 2.38. The SMILES string of the molecule is O=C(C1=CC=CN2CCS(=O)(=O)N=C12)N(Cc1ccccc1F)C1CC1. The van der Waals surface area contributed by atoms with Gasteiger partial charge in [0.25, 0.3) is 15.9 Å². The average Bonchev–Trinajstić information content (AvgIpc) is 3.44. The zero-order chi connectivity index (χ0) is 18.3. The fourth-order valence-electron chi connectivity index (χ4n) is 3.10. The standard InChI is InChI=1S/C18H18FN3O3S/c19-16-6-2-1-4-13(16)12-22(14-7-8-14)18(23)15-5-3-9-21-10-11-26(24,25)20-17(15)21/h1-6,9,14H,7-8,10-12H2. The summed E-state index contributed by atoms with van der Waals surface area (Å²) in [4.78, 5) is 16.4. The van der Waals surface area contributed by atoms with Crippen molar-refractivity contribution in [3.05, 3.63) is 59.6 Å². The molecule has 2 heterocycles. The second-order valence-corrected chi connectivity index (χ2v) is 8.33. The van der Waals surface area contributed by atoms with E-state index < -0.39 is 10.0 Å². The number of hydrogen-bond donors (Lipinski definition) is 0. The van der Waals surface area contributed by atoms with Gasteiger partial charge in [-0.2, -0.15) is 0 Å². The number of benzene rings is 1. The number of hydrogen-bond acceptors (Lipinski definition) is 4. The predicted molar refractivity (Wildman–Crippen MR) is 95.1 cm³/mol. The first-order chi connectivity index (χ1) is 12.4. The van der Waals surface area contributed by atoms with E-state index in [1.807, 2.05) is 0 Å². The van der Waals surface area contributed by atoms with Gasteiger partial charge in [-0.05, 0) is 31.1 Å². The lowest BCUT2D eigenvalue weighted by Gasteiger charge is -2.31. The van der Waals surface area contributed by atoms with Gasteiger partial charge in [0.05, 0.1) is 11.3 Å². The molecule has 1 aromatic rings. The lowest BCUT2D eigenvalue weighted by molar-refractivity contribution is -0.127. The maximum Gasteiger partial charge on any atom is 0.258 e. The van der Waals surface area contributed by atoms with Crippen LogP contribution in [-0.2, 0) is 21.4 Å². The largest absolute Gasteiger partial charge is 0.331 e. The van der Waals surface area contributed by atoms with Crippen molar-refractivity contribution in [2.75, 3.05) is 12.3 Å². The van der Waals surface area contributed by atoms with Crippen LogP contribution in [0, 0.1) is 5.82 Å². The van der Waals surface area contributed by atoms with Crippen LogP contribution in [0.5, 0.6) is 0 Å². The molecule has 0 N–H and O–H groups in total. The van der Waals surface area contributed by atoms with Gasteiger partial charge < -0.3 is 9.80 Å². The quantitative estimate of drug-likeness (QED) is 0.805. The molecule has 1 amide bonds. The smallest absolute Gasteiger partial charge is 0.258 e. The molecule has 0 unspecified atom stereocenters. The molecule has 8 heteroatoms. The molecule has 136 valence electrons. The molecule has 0 aromatic heterocycles. The van der Waals surface area contributed by atoms with Crippen molar-refractivity contribution in [2.24, 2.45) is 4.40 Å². The van der Waals surface area contributed by atoms with Crippen LogP contribution >= 0.6 is 0 Å². The van der Waals surface area contributed by atoms with Gasteiger partial charge in [-0.1, -0.05) is 18.2 Å². The number of fused-ring (bicyclic) bond motifs is 1. The number of amides is 1. The first-order valence-electron chi connectivity index (χ1n) is 8.47. The van der Waals surface area contributed by atoms with Gasteiger partial charge in [0.1, 0.15) is 5.82 Å². The van der Waals surface area contributed by atoms with E-state index in [4.69, 9.17) is 0 Å². The zero-order valence-corrected chi connectivity index (χ0v) is 14.8. The number of nitrogens with zero attached hydrogens (tertiary/aromatic N) is 3. The van der Waals surface area contributed by atoms with Crippen LogP contribution in [0.1, 0.15) is 18.4 Å². The van der Waals surface area contributed by atoms with Gasteiger partial charge in [-0.25, -0.2) is 12.8 Å². The Bertz CT molecular complexity index is 948. The van der Waals surface area contributed by atoms with E-state index in [1.54, 1.807) is 46.4 Å². The van der Waals surface area contributed by atoms with Crippen molar-refractivity contribution in [1.29, 1.82) is 0 Å². The van der Waals surface area contributed by atoms with Crippen molar-refractivity contribution < 1.29 is 17.6 Å². The summed E-state index contributed by atoms with van der Waals surface area (Å²) >= 11 is 0. The number of amidine groups is 1. The molecular formula is C18H18FN3O3S. The van der Waals surface area contributed by atoms with Gasteiger partial charge in [-0.3, -0.25) is 4.79 Å². The summed E-state index contributed by atoms with van der Waals surface area (Å²) in [6.07, 6.45) is 6.71. The van der Waals surface area contributed by atoms with E-state index in [1.165, 1.54) is 6.07 Å². The topological polar surface area (TPSA) is 70.0 Å². The van der Waals surface area contributed by atoms with Gasteiger partial charge in [0.2, 0.25) is 0 Å². The van der Waals surface area contributed by atoms with Crippen molar-refractivity contribution in [3.63, 3.8) is 0 Å². The van der Waals surface area contributed by atoms with E-state index in [-0.39, 0.29) is 48.0 Å². The molecule has 6 nitrogen and oxygen atoms in total. The third kappa shape index (κ3) is 3.29. The number of rotatable bonds is 4. The Balaban J connectivity index is 1.66. The minimum atomic E-state index is -3.57. The Labute approximate surface area is 151 Å². The molecule has 2 aliphatic heterocycles. The molecule has 0 bridgehead atoms. The monoisotopic (exact) mass is 375 g/mol. The third-order valence-electron chi connectivity index (χ3n) is 4.63. The van der Waals surface area contributed by atoms with E-state index in [9.17, 15) is 17.6 Å². The third-order valence-corrected chi connectivity index (χ3v) is 5.78. The van der Waals surface area contributed by atoms with Crippen LogP contribution in [-0.4, -0.2) is 48.3 Å². The van der Waals surface area contributed by atoms with Gasteiger partial charge in [0.15, 0.2) is 5.84 Å². The number of carbonyl (C=O) groups excluding carboxylic acids is 1. The minimum absolute atomic E-state index is 0.0446. The molecule has 0 spiro atoms. The van der Waals surface area contributed by atoms with Crippen LogP contribution in [0.4, 0.5) is 4.39 Å². The second-order valence-electron chi connectivity index (χ2n) is 6.57. The molecule has 3 aliphatic rings. The number of sulfonamides is 1. The van der Waals surface area contributed by atoms with Crippen molar-refractivity contribution in [3.8, 4) is 0 Å². The summed E-state index contributed by atoms with van der Waals surface area (Å²) in [6.45, 7) is 0.413. The molecule has 1 fully saturated rings. The number of halogens is 1. The highest BCUT2D eigenvalue weighted by molar-refractivity contribution is 7.90. The fourth-order valence-corrected chi connectivity index (χ4v) is 4.09. The van der Waals surface area contributed by atoms with Crippen molar-refractivity contribution in [2.45, 2.75) is 25.4 Å². The average molecular weight is 375 g/mol. The minimum Gasteiger partial charge on any atom is -0.331 e. The molecule has 4 rings (SSSR count). The van der Waals surface area contributed by atoms with Gasteiger partial charge >= 0.3 is 0 Å². The predicted octanol–water partition coefficient (Wildman–Crippen LogP) is 1.81. The lowest BCUT2D eigenvalue weighted by atomic mass is 10.1. The number of carbonyl (C=O) groups is 1. The summed E-state index contributed by atoms with van der Waals surface area (Å²) in [7, 11) is -3.57. The first-order valence-corrected chi connectivity index (χ1v) is 10.1. The summed E-state index contributed by atoms with van der Waals surface area (Å²) in [5, 5.41) is 0. The maximum atomic E-state index is 14.0. The Morgan fingerprint density at radius 2 is 2.08 bits per heavy atom. The second kappa shape index (κ2) is 6.35. The molecule has 0 radical (unpaired) electrons. The Kier molecular flexibility index (Phi) is 4.14. The van der Waals surface area contributed by atoms with Crippen LogP contribution in [0.2, 0.25) is 0 Å². The van der Waals surface area contributed by atoms with E-state index >= 15 is 0 Å². The van der Waals surface area contributed by atoms with Gasteiger partial charge in [0, 0.05) is 30.9 Å². The van der Waals surface area contributed by atoms with Crippen molar-refractivity contribution in [1.82, 2.24) is 9.80 Å². The molecule has 0 saturated heterocycles. The lowest BCUT2D eigenvalue weighted by Crippen LogP contribution is -2.44. The molecule has 1 aromatic carbocycles. The Morgan fingerprint density at radius 3 is 2.81 bits per heavy atom. The first kappa shape index (κ1) is 17.0. The number of allylic oxidation sites excluding steroid dienone is 2. The Morgan fingerprint density at radius 1 is 1.31 bits per heavy atom. The molecule has 26 heavy (non-hydrogen) atoms. The Hall–Kier alpha value is -2.48. The molecular weight excluding hydrogens is 357 g/mol. The maximum absolute atomic E-state index is 14.0. The zero-order valence-electron chi connectivity index (χ0n) is 14.0. The normalized spacial score (nSPS) is 20.9. The summed E-state index contributed by atoms with van der Waals surface area (Å²) in [6, 6.07) is 6.41. The molecule has 1 aliphatic carbocycles. The van der Waals surface area contributed by atoms with Gasteiger partial charge in [-0.15, -0.1) is 4.40 Å². The van der Waals surface area contributed by atoms with E-state index in [0.717, 1.165) is 12.8 Å². The van der Waals surface area contributed by atoms with E-state index in [0.29, 0.717) is 5.56 Å².